The summed E-state index contributed by atoms with van der Waals surface area (Å²) in [5.74, 6) is 0.857. The van der Waals surface area contributed by atoms with Gasteiger partial charge >= 0.3 is 0 Å². The van der Waals surface area contributed by atoms with Crippen LogP contribution >= 0.6 is 11.8 Å². The first kappa shape index (κ1) is 19.8. The van der Waals surface area contributed by atoms with Crippen molar-refractivity contribution >= 4 is 28.9 Å². The summed E-state index contributed by atoms with van der Waals surface area (Å²) >= 11 is 1.49. The molecule has 4 rings (SSSR count). The van der Waals surface area contributed by atoms with Crippen molar-refractivity contribution in [2.24, 2.45) is 0 Å². The largest absolute Gasteiger partial charge is 0.508 e. The molecule has 29 heavy (non-hydrogen) atoms. The number of rotatable bonds is 6. The third-order valence-corrected chi connectivity index (χ3v) is 5.57. The van der Waals surface area contributed by atoms with Crippen LogP contribution in [0, 0.1) is 0 Å². The Bertz CT molecular complexity index is 1030. The summed E-state index contributed by atoms with van der Waals surface area (Å²) in [4.78, 5) is 8.54. The van der Waals surface area contributed by atoms with Crippen LogP contribution in [0.1, 0.15) is 11.8 Å². The Morgan fingerprint density at radius 3 is 2.83 bits per heavy atom. The van der Waals surface area contributed by atoms with Crippen LogP contribution in [0.15, 0.2) is 47.9 Å². The second-order valence-corrected chi connectivity index (χ2v) is 7.55. The van der Waals surface area contributed by atoms with E-state index in [1.807, 2.05) is 18.2 Å². The van der Waals surface area contributed by atoms with Gasteiger partial charge in [0.25, 0.3) is 0 Å². The SMILES string of the molecule is OC[C@H]1OC(n2ncc3c(SC/C=C/c4cccc(O)c4)ncnc32)[C@H](O)[C@@H]1O. The number of aromatic nitrogens is 4. The average Bonchev–Trinajstić information content (AvgIpc) is 3.27. The topological polar surface area (TPSA) is 134 Å². The van der Waals surface area contributed by atoms with E-state index >= 15 is 0 Å². The number of aliphatic hydroxyl groups excluding tert-OH is 3. The molecular weight excluding hydrogens is 396 g/mol. The minimum absolute atomic E-state index is 0.217. The van der Waals surface area contributed by atoms with Gasteiger partial charge in [-0.25, -0.2) is 14.6 Å². The minimum Gasteiger partial charge on any atom is -0.508 e. The minimum atomic E-state index is -1.23. The van der Waals surface area contributed by atoms with Gasteiger partial charge in [-0.15, -0.1) is 11.8 Å². The Labute approximate surface area is 170 Å². The van der Waals surface area contributed by atoms with Crippen molar-refractivity contribution < 1.29 is 25.2 Å². The van der Waals surface area contributed by atoms with E-state index in [9.17, 15) is 20.4 Å². The molecule has 4 N–H and O–H groups in total. The van der Waals surface area contributed by atoms with Gasteiger partial charge in [-0.1, -0.05) is 24.3 Å². The van der Waals surface area contributed by atoms with Gasteiger partial charge in [0, 0.05) is 5.75 Å². The summed E-state index contributed by atoms with van der Waals surface area (Å²) in [5, 5.41) is 44.6. The van der Waals surface area contributed by atoms with E-state index in [1.54, 1.807) is 24.4 Å². The molecular formula is C19H20N4O5S. The van der Waals surface area contributed by atoms with Gasteiger partial charge in [0.05, 0.1) is 18.2 Å². The van der Waals surface area contributed by atoms with Gasteiger partial charge in [-0.05, 0) is 17.7 Å². The maximum absolute atomic E-state index is 10.2. The van der Waals surface area contributed by atoms with Gasteiger partial charge in [-0.2, -0.15) is 5.10 Å². The number of aliphatic hydroxyl groups is 3. The molecule has 0 spiro atoms. The number of benzene rings is 1. The van der Waals surface area contributed by atoms with E-state index in [4.69, 9.17) is 4.74 Å². The Kier molecular flexibility index (Phi) is 5.79. The van der Waals surface area contributed by atoms with Gasteiger partial charge in [0.15, 0.2) is 11.9 Å². The number of thioether (sulfide) groups is 1. The molecule has 1 aliphatic rings. The van der Waals surface area contributed by atoms with E-state index in [0.29, 0.717) is 21.8 Å². The molecule has 2 aromatic heterocycles. The number of nitrogens with zero attached hydrogens (tertiary/aromatic N) is 4. The van der Waals surface area contributed by atoms with Gasteiger partial charge < -0.3 is 25.2 Å². The zero-order valence-corrected chi connectivity index (χ0v) is 16.1. The van der Waals surface area contributed by atoms with E-state index in [0.717, 1.165) is 5.56 Å². The molecule has 1 saturated heterocycles. The first-order chi connectivity index (χ1) is 14.1. The zero-order valence-electron chi connectivity index (χ0n) is 15.2. The summed E-state index contributed by atoms with van der Waals surface area (Å²) in [6.45, 7) is -0.407. The molecule has 3 aromatic rings. The molecule has 0 saturated carbocycles. The average molecular weight is 416 g/mol. The lowest BCUT2D eigenvalue weighted by Gasteiger charge is -2.15. The summed E-state index contributed by atoms with van der Waals surface area (Å²) in [5.41, 5.74) is 1.37. The molecule has 0 bridgehead atoms. The summed E-state index contributed by atoms with van der Waals surface area (Å²) in [6, 6.07) is 6.97. The third kappa shape index (κ3) is 3.98. The first-order valence-electron chi connectivity index (χ1n) is 8.97. The first-order valence-corrected chi connectivity index (χ1v) is 9.96. The Hall–Kier alpha value is -2.50. The zero-order chi connectivity index (χ0) is 20.4. The molecule has 152 valence electrons. The lowest BCUT2D eigenvalue weighted by atomic mass is 10.1. The molecule has 4 atom stereocenters. The lowest BCUT2D eigenvalue weighted by molar-refractivity contribution is -0.0566. The van der Waals surface area contributed by atoms with Crippen molar-refractivity contribution in [1.82, 2.24) is 19.7 Å². The smallest absolute Gasteiger partial charge is 0.181 e. The van der Waals surface area contributed by atoms with E-state index in [-0.39, 0.29) is 5.75 Å². The van der Waals surface area contributed by atoms with Crippen LogP contribution in [0.4, 0.5) is 0 Å². The summed E-state index contributed by atoms with van der Waals surface area (Å²) in [6.07, 6.45) is 2.60. The van der Waals surface area contributed by atoms with Crippen LogP contribution in [-0.4, -0.2) is 70.8 Å². The van der Waals surface area contributed by atoms with Crippen LogP contribution in [0.2, 0.25) is 0 Å². The maximum Gasteiger partial charge on any atom is 0.181 e. The highest BCUT2D eigenvalue weighted by Gasteiger charge is 2.44. The molecule has 9 nitrogen and oxygen atoms in total. The predicted octanol–water partition coefficient (Wildman–Crippen LogP) is 0.949. The van der Waals surface area contributed by atoms with Crippen LogP contribution in [0.3, 0.4) is 0 Å². The van der Waals surface area contributed by atoms with Crippen molar-refractivity contribution in [3.05, 3.63) is 48.4 Å². The van der Waals surface area contributed by atoms with Crippen molar-refractivity contribution in [3.63, 3.8) is 0 Å². The molecule has 0 amide bonds. The number of hydrogen-bond donors (Lipinski definition) is 4. The van der Waals surface area contributed by atoms with E-state index in [2.05, 4.69) is 15.1 Å². The second kappa shape index (κ2) is 8.47. The summed E-state index contributed by atoms with van der Waals surface area (Å²) in [7, 11) is 0. The highest BCUT2D eigenvalue weighted by atomic mass is 32.2. The number of aromatic hydroxyl groups is 1. The van der Waals surface area contributed by atoms with Gasteiger partial charge in [0.2, 0.25) is 0 Å². The van der Waals surface area contributed by atoms with Crippen LogP contribution < -0.4 is 0 Å². The number of phenolic OH excluding ortho intramolecular Hbond substituents is 1. The van der Waals surface area contributed by atoms with Crippen LogP contribution in [0.25, 0.3) is 17.1 Å². The van der Waals surface area contributed by atoms with E-state index < -0.39 is 31.1 Å². The maximum atomic E-state index is 10.2. The number of ether oxygens (including phenoxy) is 1. The monoisotopic (exact) mass is 416 g/mol. The van der Waals surface area contributed by atoms with Crippen molar-refractivity contribution in [1.29, 1.82) is 0 Å². The van der Waals surface area contributed by atoms with Gasteiger partial charge in [0.1, 0.15) is 35.4 Å². The molecule has 0 aliphatic carbocycles. The Morgan fingerprint density at radius 2 is 2.07 bits per heavy atom. The van der Waals surface area contributed by atoms with Crippen molar-refractivity contribution in [3.8, 4) is 5.75 Å². The molecule has 0 radical (unpaired) electrons. The summed E-state index contributed by atoms with van der Waals surface area (Å²) < 4.78 is 6.93. The normalized spacial score (nSPS) is 24.7. The predicted molar refractivity (Wildman–Crippen MR) is 106 cm³/mol. The Morgan fingerprint density at radius 1 is 1.21 bits per heavy atom. The highest BCUT2D eigenvalue weighted by molar-refractivity contribution is 7.99. The highest BCUT2D eigenvalue weighted by Crippen LogP contribution is 2.32. The van der Waals surface area contributed by atoms with Crippen LogP contribution in [-0.2, 0) is 4.74 Å². The molecule has 3 heterocycles. The molecule has 10 heteroatoms. The molecule has 1 fully saturated rings. The lowest BCUT2D eigenvalue weighted by Crippen LogP contribution is -2.33. The van der Waals surface area contributed by atoms with Crippen LogP contribution in [0.5, 0.6) is 5.75 Å². The van der Waals surface area contributed by atoms with Crippen molar-refractivity contribution in [2.75, 3.05) is 12.4 Å². The number of hydrogen-bond acceptors (Lipinski definition) is 9. The fraction of sp³-hybridized carbons (Fsp3) is 0.316. The fourth-order valence-corrected chi connectivity index (χ4v) is 3.94. The van der Waals surface area contributed by atoms with Crippen molar-refractivity contribution in [2.45, 2.75) is 29.6 Å². The second-order valence-electron chi connectivity index (χ2n) is 6.54. The number of fused-ring (bicyclic) bond motifs is 1. The molecule has 1 aromatic carbocycles. The van der Waals surface area contributed by atoms with E-state index in [1.165, 1.54) is 22.8 Å². The Balaban J connectivity index is 1.51. The molecule has 1 unspecified atom stereocenters. The molecule has 1 aliphatic heterocycles. The third-order valence-electron chi connectivity index (χ3n) is 4.61. The quantitative estimate of drug-likeness (QED) is 0.342. The number of phenols is 1. The van der Waals surface area contributed by atoms with Gasteiger partial charge in [-0.3, -0.25) is 0 Å². The standard InChI is InChI=1S/C19H20N4O5S/c24-9-14-15(26)16(27)19(28-14)23-17-13(8-22-23)18(21-10-20-17)29-6-2-4-11-3-1-5-12(25)7-11/h1-5,7-8,10,14-16,19,24-27H,6,9H2/b4-2+/t14-,15-,16-,19?/m1/s1. The fourth-order valence-electron chi connectivity index (χ4n) is 3.16.